The standard InChI is InChI=1S/C14H19N3O/c1-11(13-6-4-5-7-14(13)18-3)16-9-12-8-15-10-17(12)2/h4-8,10-11,16H,9H2,1-3H3/t11-/m1/s1. The smallest absolute Gasteiger partial charge is 0.123 e. The van der Waals surface area contributed by atoms with E-state index in [2.05, 4.69) is 23.3 Å². The molecule has 0 saturated carbocycles. The van der Waals surface area contributed by atoms with Crippen LogP contribution < -0.4 is 10.1 Å². The van der Waals surface area contributed by atoms with E-state index in [1.165, 1.54) is 5.56 Å². The van der Waals surface area contributed by atoms with E-state index < -0.39 is 0 Å². The lowest BCUT2D eigenvalue weighted by Gasteiger charge is -2.17. The van der Waals surface area contributed by atoms with Gasteiger partial charge in [0.05, 0.1) is 19.1 Å². The quantitative estimate of drug-likeness (QED) is 0.878. The normalized spacial score (nSPS) is 12.4. The summed E-state index contributed by atoms with van der Waals surface area (Å²) in [5, 5.41) is 3.48. The third-order valence-corrected chi connectivity index (χ3v) is 3.11. The van der Waals surface area contributed by atoms with Crippen molar-refractivity contribution in [1.29, 1.82) is 0 Å². The molecule has 2 aromatic rings. The molecular weight excluding hydrogens is 226 g/mol. The maximum atomic E-state index is 5.37. The predicted molar refractivity (Wildman–Crippen MR) is 71.5 cm³/mol. The summed E-state index contributed by atoms with van der Waals surface area (Å²) < 4.78 is 7.39. The monoisotopic (exact) mass is 245 g/mol. The van der Waals surface area contributed by atoms with E-state index in [0.29, 0.717) is 0 Å². The van der Waals surface area contributed by atoms with Gasteiger partial charge in [-0.2, -0.15) is 0 Å². The average molecular weight is 245 g/mol. The van der Waals surface area contributed by atoms with Crippen LogP contribution in [0.1, 0.15) is 24.2 Å². The van der Waals surface area contributed by atoms with Gasteiger partial charge >= 0.3 is 0 Å². The van der Waals surface area contributed by atoms with Crippen LogP contribution in [0.3, 0.4) is 0 Å². The van der Waals surface area contributed by atoms with Crippen molar-refractivity contribution in [3.8, 4) is 5.75 Å². The third-order valence-electron chi connectivity index (χ3n) is 3.11. The summed E-state index contributed by atoms with van der Waals surface area (Å²) in [4.78, 5) is 4.10. The molecule has 1 heterocycles. The van der Waals surface area contributed by atoms with E-state index in [9.17, 15) is 0 Å². The molecule has 18 heavy (non-hydrogen) atoms. The Morgan fingerprint density at radius 3 is 2.83 bits per heavy atom. The minimum Gasteiger partial charge on any atom is -0.496 e. The van der Waals surface area contributed by atoms with Gasteiger partial charge in [-0.3, -0.25) is 0 Å². The molecule has 1 aromatic carbocycles. The van der Waals surface area contributed by atoms with E-state index in [1.807, 2.05) is 42.3 Å². The number of methoxy groups -OCH3 is 1. The summed E-state index contributed by atoms with van der Waals surface area (Å²) in [6, 6.07) is 8.31. The molecule has 0 aliphatic rings. The van der Waals surface area contributed by atoms with E-state index >= 15 is 0 Å². The molecule has 2 rings (SSSR count). The number of rotatable bonds is 5. The fourth-order valence-corrected chi connectivity index (χ4v) is 1.95. The lowest BCUT2D eigenvalue weighted by atomic mass is 10.1. The fourth-order valence-electron chi connectivity index (χ4n) is 1.95. The first-order valence-electron chi connectivity index (χ1n) is 6.04. The minimum atomic E-state index is 0.232. The molecule has 1 N–H and O–H groups in total. The van der Waals surface area contributed by atoms with Crippen LogP contribution in [0, 0.1) is 0 Å². The van der Waals surface area contributed by atoms with Gasteiger partial charge in [0.15, 0.2) is 0 Å². The highest BCUT2D eigenvalue weighted by Crippen LogP contribution is 2.24. The van der Waals surface area contributed by atoms with Crippen molar-refractivity contribution in [3.05, 3.63) is 48.0 Å². The number of nitrogens with one attached hydrogen (secondary N) is 1. The van der Waals surface area contributed by atoms with Gasteiger partial charge in [0.1, 0.15) is 5.75 Å². The Bertz CT molecular complexity index is 507. The number of aromatic nitrogens is 2. The number of aryl methyl sites for hydroxylation is 1. The summed E-state index contributed by atoms with van der Waals surface area (Å²) in [5.74, 6) is 0.919. The van der Waals surface area contributed by atoms with Crippen molar-refractivity contribution in [2.24, 2.45) is 7.05 Å². The zero-order valence-electron chi connectivity index (χ0n) is 11.1. The van der Waals surface area contributed by atoms with Crippen molar-refractivity contribution >= 4 is 0 Å². The van der Waals surface area contributed by atoms with Crippen LogP contribution in [0.4, 0.5) is 0 Å². The van der Waals surface area contributed by atoms with E-state index in [0.717, 1.165) is 18.0 Å². The topological polar surface area (TPSA) is 39.1 Å². The zero-order valence-corrected chi connectivity index (χ0v) is 11.1. The van der Waals surface area contributed by atoms with Crippen molar-refractivity contribution < 1.29 is 4.74 Å². The van der Waals surface area contributed by atoms with Crippen LogP contribution in [-0.2, 0) is 13.6 Å². The Morgan fingerprint density at radius 2 is 2.17 bits per heavy atom. The highest BCUT2D eigenvalue weighted by molar-refractivity contribution is 5.35. The maximum Gasteiger partial charge on any atom is 0.123 e. The Balaban J connectivity index is 2.03. The molecule has 0 spiro atoms. The lowest BCUT2D eigenvalue weighted by Crippen LogP contribution is -2.20. The van der Waals surface area contributed by atoms with Crippen LogP contribution in [0.5, 0.6) is 5.75 Å². The van der Waals surface area contributed by atoms with Crippen molar-refractivity contribution in [2.45, 2.75) is 19.5 Å². The van der Waals surface area contributed by atoms with Gasteiger partial charge in [0.2, 0.25) is 0 Å². The number of para-hydroxylation sites is 1. The highest BCUT2D eigenvalue weighted by Gasteiger charge is 2.10. The molecule has 0 aliphatic carbocycles. The maximum absolute atomic E-state index is 5.37. The number of imidazole rings is 1. The van der Waals surface area contributed by atoms with Crippen LogP contribution in [0.25, 0.3) is 0 Å². The summed E-state index contributed by atoms with van der Waals surface area (Å²) in [6.45, 7) is 2.92. The molecule has 96 valence electrons. The molecule has 0 radical (unpaired) electrons. The van der Waals surface area contributed by atoms with Gasteiger partial charge in [-0.15, -0.1) is 0 Å². The summed E-state index contributed by atoms with van der Waals surface area (Å²) >= 11 is 0. The molecule has 0 saturated heterocycles. The van der Waals surface area contributed by atoms with E-state index in [1.54, 1.807) is 7.11 Å². The second-order valence-electron chi connectivity index (χ2n) is 4.34. The summed E-state index contributed by atoms with van der Waals surface area (Å²) in [7, 11) is 3.70. The van der Waals surface area contributed by atoms with E-state index in [-0.39, 0.29) is 6.04 Å². The molecule has 0 bridgehead atoms. The lowest BCUT2D eigenvalue weighted by molar-refractivity contribution is 0.401. The third kappa shape index (κ3) is 2.71. The first kappa shape index (κ1) is 12.6. The van der Waals surface area contributed by atoms with Crippen molar-refractivity contribution in [3.63, 3.8) is 0 Å². The van der Waals surface area contributed by atoms with Gasteiger partial charge in [-0.25, -0.2) is 4.98 Å². The summed E-state index contributed by atoms with van der Waals surface area (Å²) in [5.41, 5.74) is 2.33. The first-order valence-corrected chi connectivity index (χ1v) is 6.04. The number of hydrogen-bond donors (Lipinski definition) is 1. The molecule has 4 heteroatoms. The Hall–Kier alpha value is -1.81. The average Bonchev–Trinajstić information content (AvgIpc) is 2.81. The van der Waals surface area contributed by atoms with Crippen molar-refractivity contribution in [2.75, 3.05) is 7.11 Å². The van der Waals surface area contributed by atoms with Gasteiger partial charge in [0.25, 0.3) is 0 Å². The Kier molecular flexibility index (Phi) is 3.99. The largest absolute Gasteiger partial charge is 0.496 e. The predicted octanol–water partition coefficient (Wildman–Crippen LogP) is 2.28. The van der Waals surface area contributed by atoms with Crippen LogP contribution in [-0.4, -0.2) is 16.7 Å². The van der Waals surface area contributed by atoms with Crippen LogP contribution in [0.15, 0.2) is 36.8 Å². The van der Waals surface area contributed by atoms with Gasteiger partial charge < -0.3 is 14.6 Å². The zero-order chi connectivity index (χ0) is 13.0. The number of benzene rings is 1. The fraction of sp³-hybridized carbons (Fsp3) is 0.357. The Labute approximate surface area is 108 Å². The van der Waals surface area contributed by atoms with Gasteiger partial charge in [-0.1, -0.05) is 18.2 Å². The second kappa shape index (κ2) is 5.69. The van der Waals surface area contributed by atoms with Gasteiger partial charge in [-0.05, 0) is 13.0 Å². The van der Waals surface area contributed by atoms with Crippen molar-refractivity contribution in [1.82, 2.24) is 14.9 Å². The van der Waals surface area contributed by atoms with Gasteiger partial charge in [0, 0.05) is 31.4 Å². The minimum absolute atomic E-state index is 0.232. The molecule has 0 fully saturated rings. The number of nitrogens with zero attached hydrogens (tertiary/aromatic N) is 2. The molecule has 4 nitrogen and oxygen atoms in total. The molecule has 0 aliphatic heterocycles. The molecule has 1 aromatic heterocycles. The van der Waals surface area contributed by atoms with Crippen LogP contribution in [0.2, 0.25) is 0 Å². The number of hydrogen-bond acceptors (Lipinski definition) is 3. The molecule has 0 amide bonds. The second-order valence-corrected chi connectivity index (χ2v) is 4.34. The summed E-state index contributed by atoms with van der Waals surface area (Å²) in [6.07, 6.45) is 3.69. The molecular formula is C14H19N3O. The van der Waals surface area contributed by atoms with Crippen LogP contribution >= 0.6 is 0 Å². The first-order chi connectivity index (χ1) is 8.72. The SMILES string of the molecule is COc1ccccc1[C@@H](C)NCc1cncn1C. The molecule has 1 atom stereocenters. The van der Waals surface area contributed by atoms with E-state index in [4.69, 9.17) is 4.74 Å². The highest BCUT2D eigenvalue weighted by atomic mass is 16.5. The number of ether oxygens (including phenoxy) is 1. The molecule has 0 unspecified atom stereocenters. The Morgan fingerprint density at radius 1 is 1.39 bits per heavy atom.